The number of hydrogen-bond donors (Lipinski definition) is 2. The standard InChI is InChI=1S/C12H21N5OS/c1-2-19-11-5-3-4-10(11)14-12(18)8-17-7-9(6-13)15-16-17/h7,10-11H,2-6,8,13H2,1H3,(H,14,18). The fourth-order valence-electron chi connectivity index (χ4n) is 2.41. The molecule has 0 aromatic carbocycles. The molecule has 1 aromatic rings. The zero-order valence-corrected chi connectivity index (χ0v) is 12.0. The van der Waals surface area contributed by atoms with E-state index in [9.17, 15) is 4.79 Å². The minimum Gasteiger partial charge on any atom is -0.351 e. The zero-order chi connectivity index (χ0) is 13.7. The minimum atomic E-state index is 0.00192. The van der Waals surface area contributed by atoms with E-state index in [1.165, 1.54) is 17.5 Å². The highest BCUT2D eigenvalue weighted by atomic mass is 32.2. The van der Waals surface area contributed by atoms with Crippen LogP contribution >= 0.6 is 11.8 Å². The fourth-order valence-corrected chi connectivity index (χ4v) is 3.61. The van der Waals surface area contributed by atoms with Gasteiger partial charge in [0, 0.05) is 17.8 Å². The lowest BCUT2D eigenvalue weighted by Crippen LogP contribution is -2.40. The summed E-state index contributed by atoms with van der Waals surface area (Å²) in [7, 11) is 0. The third kappa shape index (κ3) is 3.94. The average molecular weight is 283 g/mol. The van der Waals surface area contributed by atoms with E-state index >= 15 is 0 Å². The summed E-state index contributed by atoms with van der Waals surface area (Å²) in [5.41, 5.74) is 6.16. The molecule has 1 fully saturated rings. The third-order valence-corrected chi connectivity index (χ3v) is 4.61. The second-order valence-electron chi connectivity index (χ2n) is 4.71. The predicted octanol–water partition coefficient (Wildman–Crippen LogP) is 0.527. The number of nitrogens with two attached hydrogens (primary N) is 1. The molecule has 1 aliphatic carbocycles. The number of carbonyl (C=O) groups excluding carboxylic acids is 1. The molecule has 1 heterocycles. The van der Waals surface area contributed by atoms with Crippen molar-refractivity contribution in [1.82, 2.24) is 20.3 Å². The van der Waals surface area contributed by atoms with Crippen molar-refractivity contribution in [2.24, 2.45) is 5.73 Å². The van der Waals surface area contributed by atoms with Crippen LogP contribution in [0.3, 0.4) is 0 Å². The Balaban J connectivity index is 1.83. The van der Waals surface area contributed by atoms with Crippen molar-refractivity contribution < 1.29 is 4.79 Å². The van der Waals surface area contributed by atoms with Crippen LogP contribution in [0.4, 0.5) is 0 Å². The molecule has 2 rings (SSSR count). The van der Waals surface area contributed by atoms with Gasteiger partial charge in [0.1, 0.15) is 6.54 Å². The molecule has 106 valence electrons. The first-order valence-electron chi connectivity index (χ1n) is 6.73. The molecule has 1 aromatic heterocycles. The van der Waals surface area contributed by atoms with Crippen LogP contribution in [0, 0.1) is 0 Å². The quantitative estimate of drug-likeness (QED) is 0.795. The molecular formula is C12H21N5OS. The molecule has 1 amide bonds. The van der Waals surface area contributed by atoms with Crippen LogP contribution in [-0.4, -0.2) is 37.9 Å². The summed E-state index contributed by atoms with van der Waals surface area (Å²) in [5, 5.41) is 11.4. The Morgan fingerprint density at radius 1 is 1.63 bits per heavy atom. The highest BCUT2D eigenvalue weighted by Gasteiger charge is 2.28. The summed E-state index contributed by atoms with van der Waals surface area (Å²) in [6.07, 6.45) is 5.19. The summed E-state index contributed by atoms with van der Waals surface area (Å²) in [6.45, 7) is 2.72. The lowest BCUT2D eigenvalue weighted by atomic mass is 10.2. The monoisotopic (exact) mass is 283 g/mol. The van der Waals surface area contributed by atoms with Gasteiger partial charge in [-0.2, -0.15) is 11.8 Å². The fraction of sp³-hybridized carbons (Fsp3) is 0.750. The van der Waals surface area contributed by atoms with Gasteiger partial charge in [-0.15, -0.1) is 5.10 Å². The first-order valence-corrected chi connectivity index (χ1v) is 7.77. The summed E-state index contributed by atoms with van der Waals surface area (Å²) in [5.74, 6) is 1.10. The molecular weight excluding hydrogens is 262 g/mol. The van der Waals surface area contributed by atoms with E-state index in [2.05, 4.69) is 22.6 Å². The summed E-state index contributed by atoms with van der Waals surface area (Å²) in [6, 6.07) is 0.301. The van der Waals surface area contributed by atoms with Crippen molar-refractivity contribution in [3.05, 3.63) is 11.9 Å². The van der Waals surface area contributed by atoms with Crippen molar-refractivity contribution in [3.63, 3.8) is 0 Å². The maximum absolute atomic E-state index is 12.0. The van der Waals surface area contributed by atoms with E-state index in [1.807, 2.05) is 11.8 Å². The second-order valence-corrected chi connectivity index (χ2v) is 6.23. The average Bonchev–Trinajstić information content (AvgIpc) is 3.00. The van der Waals surface area contributed by atoms with E-state index in [0.717, 1.165) is 12.2 Å². The molecule has 0 saturated heterocycles. The van der Waals surface area contributed by atoms with Crippen molar-refractivity contribution in [2.45, 2.75) is 50.6 Å². The lowest BCUT2D eigenvalue weighted by molar-refractivity contribution is -0.122. The van der Waals surface area contributed by atoms with Gasteiger partial charge in [-0.3, -0.25) is 4.79 Å². The summed E-state index contributed by atoms with van der Waals surface area (Å²) in [4.78, 5) is 12.0. The normalized spacial score (nSPS) is 22.6. The van der Waals surface area contributed by atoms with Crippen LogP contribution < -0.4 is 11.1 Å². The summed E-state index contributed by atoms with van der Waals surface area (Å²) < 4.78 is 1.54. The first-order chi connectivity index (χ1) is 9.22. The summed E-state index contributed by atoms with van der Waals surface area (Å²) >= 11 is 1.94. The van der Waals surface area contributed by atoms with Crippen LogP contribution in [-0.2, 0) is 17.9 Å². The molecule has 3 N–H and O–H groups in total. The van der Waals surface area contributed by atoms with E-state index in [1.54, 1.807) is 6.20 Å². The Labute approximate surface area is 117 Å². The molecule has 19 heavy (non-hydrogen) atoms. The van der Waals surface area contributed by atoms with Crippen LogP contribution in [0.1, 0.15) is 31.9 Å². The third-order valence-electron chi connectivity index (χ3n) is 3.28. The van der Waals surface area contributed by atoms with E-state index in [0.29, 0.717) is 23.5 Å². The molecule has 7 heteroatoms. The van der Waals surface area contributed by atoms with Gasteiger partial charge in [0.25, 0.3) is 0 Å². The Morgan fingerprint density at radius 2 is 2.47 bits per heavy atom. The smallest absolute Gasteiger partial charge is 0.242 e. The minimum absolute atomic E-state index is 0.00192. The van der Waals surface area contributed by atoms with Gasteiger partial charge in [-0.05, 0) is 18.6 Å². The topological polar surface area (TPSA) is 85.8 Å². The van der Waals surface area contributed by atoms with Gasteiger partial charge in [0.05, 0.1) is 11.9 Å². The Morgan fingerprint density at radius 3 is 3.16 bits per heavy atom. The number of nitrogens with one attached hydrogen (secondary N) is 1. The van der Waals surface area contributed by atoms with Crippen molar-refractivity contribution in [1.29, 1.82) is 0 Å². The van der Waals surface area contributed by atoms with Crippen molar-refractivity contribution in [2.75, 3.05) is 5.75 Å². The zero-order valence-electron chi connectivity index (χ0n) is 11.2. The largest absolute Gasteiger partial charge is 0.351 e. The van der Waals surface area contributed by atoms with Gasteiger partial charge >= 0.3 is 0 Å². The highest BCUT2D eigenvalue weighted by molar-refractivity contribution is 7.99. The molecule has 6 nitrogen and oxygen atoms in total. The number of aromatic nitrogens is 3. The van der Waals surface area contributed by atoms with Gasteiger partial charge in [0.2, 0.25) is 5.91 Å². The lowest BCUT2D eigenvalue weighted by Gasteiger charge is -2.20. The number of nitrogens with zero attached hydrogens (tertiary/aromatic N) is 3. The second kappa shape index (κ2) is 6.91. The van der Waals surface area contributed by atoms with Gasteiger partial charge in [-0.25, -0.2) is 4.68 Å². The van der Waals surface area contributed by atoms with Crippen molar-refractivity contribution >= 4 is 17.7 Å². The Kier molecular flexibility index (Phi) is 5.21. The van der Waals surface area contributed by atoms with Gasteiger partial charge in [0.15, 0.2) is 0 Å². The number of thioether (sulfide) groups is 1. The Bertz CT molecular complexity index is 422. The van der Waals surface area contributed by atoms with E-state index in [4.69, 9.17) is 5.73 Å². The SMILES string of the molecule is CCSC1CCCC1NC(=O)Cn1cc(CN)nn1. The number of rotatable bonds is 6. The van der Waals surface area contributed by atoms with Crippen LogP contribution in [0.25, 0.3) is 0 Å². The van der Waals surface area contributed by atoms with Crippen LogP contribution in [0.15, 0.2) is 6.20 Å². The molecule has 2 atom stereocenters. The van der Waals surface area contributed by atoms with Gasteiger partial charge < -0.3 is 11.1 Å². The molecule has 0 radical (unpaired) electrons. The predicted molar refractivity (Wildman–Crippen MR) is 75.6 cm³/mol. The maximum Gasteiger partial charge on any atom is 0.242 e. The van der Waals surface area contributed by atoms with Gasteiger partial charge in [-0.1, -0.05) is 18.6 Å². The van der Waals surface area contributed by atoms with Crippen LogP contribution in [0.5, 0.6) is 0 Å². The highest BCUT2D eigenvalue weighted by Crippen LogP contribution is 2.29. The number of hydrogen-bond acceptors (Lipinski definition) is 5. The number of carbonyl (C=O) groups is 1. The Hall–Kier alpha value is -1.08. The molecule has 0 aliphatic heterocycles. The molecule has 0 bridgehead atoms. The van der Waals surface area contributed by atoms with Crippen molar-refractivity contribution in [3.8, 4) is 0 Å². The molecule has 1 saturated carbocycles. The first kappa shape index (κ1) is 14.3. The van der Waals surface area contributed by atoms with E-state index < -0.39 is 0 Å². The maximum atomic E-state index is 12.0. The molecule has 1 aliphatic rings. The number of amides is 1. The molecule has 2 unspecified atom stereocenters. The van der Waals surface area contributed by atoms with Crippen LogP contribution in [0.2, 0.25) is 0 Å². The van der Waals surface area contributed by atoms with E-state index in [-0.39, 0.29) is 12.5 Å². The molecule has 0 spiro atoms.